The van der Waals surface area contributed by atoms with Crippen LogP contribution in [-0.2, 0) is 10.5 Å². The maximum atomic E-state index is 11.2. The van der Waals surface area contributed by atoms with Crippen LogP contribution in [0.2, 0.25) is 0 Å². The van der Waals surface area contributed by atoms with E-state index in [1.807, 2.05) is 36.4 Å². The van der Waals surface area contributed by atoms with Crippen molar-refractivity contribution >= 4 is 40.6 Å². The highest BCUT2D eigenvalue weighted by Crippen LogP contribution is 2.36. The number of methoxy groups -OCH3 is 1. The van der Waals surface area contributed by atoms with Gasteiger partial charge in [0, 0.05) is 17.1 Å². The summed E-state index contributed by atoms with van der Waals surface area (Å²) in [6.07, 6.45) is 0. The number of hydrogen-bond donors (Lipinski definition) is 2. The van der Waals surface area contributed by atoms with E-state index >= 15 is 0 Å². The number of ether oxygens (including phenoxy) is 1. The molecule has 8 heteroatoms. The zero-order valence-corrected chi connectivity index (χ0v) is 16.2. The molecular formula is C19H18N2O4S2. The first-order valence-electron chi connectivity index (χ1n) is 8.39. The largest absolute Gasteiger partial charge is 0.496 e. The molecule has 4 rings (SSSR count). The lowest BCUT2D eigenvalue weighted by molar-refractivity contribution is -0.138. The summed E-state index contributed by atoms with van der Waals surface area (Å²) in [6, 6.07) is 13.1. The van der Waals surface area contributed by atoms with Gasteiger partial charge >= 0.3 is 5.97 Å². The highest BCUT2D eigenvalue weighted by atomic mass is 32.2. The molecule has 27 heavy (non-hydrogen) atoms. The molecule has 2 aromatic carbocycles. The molecule has 1 fully saturated rings. The Balaban J connectivity index is 1.51. The van der Waals surface area contributed by atoms with Gasteiger partial charge in [-0.15, -0.1) is 11.8 Å². The standard InChI is InChI=1S/C19H18N2O4S2/c1-24-15-7-6-11(17-20-14(10-26-17)18(22)23)8-12(15)9-27-19-21-13-4-2-3-5-16(13)25-19/h2-8,14,17,20H,9-10H2,1H3,(H,22,23)/t14-,17-/m1/s1. The highest BCUT2D eigenvalue weighted by Gasteiger charge is 2.30. The fourth-order valence-corrected chi connectivity index (χ4v) is 4.97. The van der Waals surface area contributed by atoms with E-state index in [2.05, 4.69) is 16.4 Å². The van der Waals surface area contributed by atoms with E-state index in [4.69, 9.17) is 14.3 Å². The lowest BCUT2D eigenvalue weighted by Gasteiger charge is -2.15. The van der Waals surface area contributed by atoms with Gasteiger partial charge in [0.1, 0.15) is 17.3 Å². The van der Waals surface area contributed by atoms with Gasteiger partial charge in [-0.25, -0.2) is 4.98 Å². The Hall–Kier alpha value is -2.16. The van der Waals surface area contributed by atoms with Gasteiger partial charge in [-0.05, 0) is 29.8 Å². The number of carbonyl (C=O) groups is 1. The summed E-state index contributed by atoms with van der Waals surface area (Å²) in [5.74, 6) is 1.17. The first kappa shape index (κ1) is 18.2. The van der Waals surface area contributed by atoms with Gasteiger partial charge in [-0.1, -0.05) is 30.0 Å². The van der Waals surface area contributed by atoms with Gasteiger partial charge in [0.2, 0.25) is 0 Å². The van der Waals surface area contributed by atoms with Crippen LogP contribution in [0.15, 0.2) is 52.1 Å². The second kappa shape index (κ2) is 7.84. The third-order valence-electron chi connectivity index (χ3n) is 4.31. The molecule has 1 aliphatic rings. The molecule has 0 aliphatic carbocycles. The molecule has 0 saturated carbocycles. The lowest BCUT2D eigenvalue weighted by atomic mass is 10.1. The van der Waals surface area contributed by atoms with Gasteiger partial charge in [0.05, 0.1) is 12.5 Å². The molecule has 0 radical (unpaired) electrons. The molecule has 2 atom stereocenters. The van der Waals surface area contributed by atoms with E-state index in [1.165, 1.54) is 11.8 Å². The Morgan fingerprint density at radius 2 is 2.26 bits per heavy atom. The minimum atomic E-state index is -0.815. The number of carboxylic acids is 1. The van der Waals surface area contributed by atoms with Crippen LogP contribution < -0.4 is 10.1 Å². The fraction of sp³-hybridized carbons (Fsp3) is 0.263. The summed E-state index contributed by atoms with van der Waals surface area (Å²) in [6.45, 7) is 0. The van der Waals surface area contributed by atoms with Crippen LogP contribution in [-0.4, -0.2) is 35.0 Å². The third kappa shape index (κ3) is 3.92. The molecule has 1 aromatic heterocycles. The van der Waals surface area contributed by atoms with Gasteiger partial charge < -0.3 is 14.3 Å². The molecule has 3 aromatic rings. The SMILES string of the molecule is COc1ccc([C@@H]2N[C@@H](C(=O)O)CS2)cc1CSc1nc2ccccc2o1. The monoisotopic (exact) mass is 402 g/mol. The Bertz CT molecular complexity index is 942. The second-order valence-electron chi connectivity index (χ2n) is 6.08. The zero-order valence-electron chi connectivity index (χ0n) is 14.5. The fourth-order valence-electron chi connectivity index (χ4n) is 2.93. The van der Waals surface area contributed by atoms with Crippen LogP contribution in [0.3, 0.4) is 0 Å². The Kier molecular flexibility index (Phi) is 5.29. The van der Waals surface area contributed by atoms with Crippen molar-refractivity contribution in [2.24, 2.45) is 0 Å². The number of nitrogens with zero attached hydrogens (tertiary/aromatic N) is 1. The zero-order chi connectivity index (χ0) is 18.8. The number of aliphatic carboxylic acids is 1. The van der Waals surface area contributed by atoms with Crippen molar-refractivity contribution < 1.29 is 19.1 Å². The number of hydrogen-bond acceptors (Lipinski definition) is 7. The van der Waals surface area contributed by atoms with Crippen molar-refractivity contribution in [2.45, 2.75) is 22.4 Å². The number of carboxylic acid groups (broad SMARTS) is 1. The van der Waals surface area contributed by atoms with Crippen LogP contribution in [0.25, 0.3) is 11.1 Å². The minimum Gasteiger partial charge on any atom is -0.496 e. The normalized spacial score (nSPS) is 19.4. The summed E-state index contributed by atoms with van der Waals surface area (Å²) in [7, 11) is 1.64. The summed E-state index contributed by atoms with van der Waals surface area (Å²) in [5.41, 5.74) is 3.67. The molecule has 1 saturated heterocycles. The Morgan fingerprint density at radius 3 is 3.00 bits per heavy atom. The number of benzene rings is 2. The maximum absolute atomic E-state index is 11.2. The highest BCUT2D eigenvalue weighted by molar-refractivity contribution is 7.99. The van der Waals surface area contributed by atoms with E-state index in [1.54, 1.807) is 18.9 Å². The molecule has 140 valence electrons. The van der Waals surface area contributed by atoms with Crippen LogP contribution in [0.4, 0.5) is 0 Å². The van der Waals surface area contributed by atoms with Crippen molar-refractivity contribution in [1.82, 2.24) is 10.3 Å². The number of nitrogens with one attached hydrogen (secondary N) is 1. The van der Waals surface area contributed by atoms with Crippen molar-refractivity contribution in [3.05, 3.63) is 53.6 Å². The number of thioether (sulfide) groups is 2. The lowest BCUT2D eigenvalue weighted by Crippen LogP contribution is -2.33. The number of para-hydroxylation sites is 2. The van der Waals surface area contributed by atoms with Crippen LogP contribution in [0.1, 0.15) is 16.5 Å². The summed E-state index contributed by atoms with van der Waals surface area (Å²) in [4.78, 5) is 15.6. The van der Waals surface area contributed by atoms with Crippen LogP contribution in [0, 0.1) is 0 Å². The molecular weight excluding hydrogens is 384 g/mol. The predicted octanol–water partition coefficient (Wildman–Crippen LogP) is 3.92. The third-order valence-corrected chi connectivity index (χ3v) is 6.46. The van der Waals surface area contributed by atoms with Crippen molar-refractivity contribution in [3.8, 4) is 5.75 Å². The molecule has 2 N–H and O–H groups in total. The molecule has 0 bridgehead atoms. The van der Waals surface area contributed by atoms with Gasteiger partial charge in [0.15, 0.2) is 5.58 Å². The topological polar surface area (TPSA) is 84.6 Å². The molecule has 6 nitrogen and oxygen atoms in total. The van der Waals surface area contributed by atoms with E-state index in [-0.39, 0.29) is 5.37 Å². The Morgan fingerprint density at radius 1 is 1.41 bits per heavy atom. The van der Waals surface area contributed by atoms with Crippen LogP contribution >= 0.6 is 23.5 Å². The number of fused-ring (bicyclic) bond motifs is 1. The number of oxazole rings is 1. The van der Waals surface area contributed by atoms with E-state index in [0.29, 0.717) is 16.7 Å². The van der Waals surface area contributed by atoms with Crippen molar-refractivity contribution in [1.29, 1.82) is 0 Å². The molecule has 1 aliphatic heterocycles. The van der Waals surface area contributed by atoms with E-state index in [0.717, 1.165) is 28.0 Å². The Labute approximate surface area is 164 Å². The summed E-state index contributed by atoms with van der Waals surface area (Å²) < 4.78 is 11.2. The van der Waals surface area contributed by atoms with E-state index in [9.17, 15) is 4.79 Å². The minimum absolute atomic E-state index is 0.0370. The van der Waals surface area contributed by atoms with Crippen molar-refractivity contribution in [3.63, 3.8) is 0 Å². The average molecular weight is 402 g/mol. The van der Waals surface area contributed by atoms with E-state index < -0.39 is 12.0 Å². The van der Waals surface area contributed by atoms with Gasteiger partial charge in [-0.2, -0.15) is 0 Å². The van der Waals surface area contributed by atoms with Gasteiger partial charge in [0.25, 0.3) is 5.22 Å². The quantitative estimate of drug-likeness (QED) is 0.600. The number of aromatic nitrogens is 1. The molecule has 0 spiro atoms. The first-order chi connectivity index (χ1) is 13.1. The smallest absolute Gasteiger partial charge is 0.321 e. The number of rotatable bonds is 6. The molecule has 2 heterocycles. The maximum Gasteiger partial charge on any atom is 0.321 e. The van der Waals surface area contributed by atoms with Crippen LogP contribution in [0.5, 0.6) is 5.75 Å². The second-order valence-corrected chi connectivity index (χ2v) is 8.14. The van der Waals surface area contributed by atoms with Crippen molar-refractivity contribution in [2.75, 3.05) is 12.9 Å². The molecule has 0 unspecified atom stereocenters. The summed E-state index contributed by atoms with van der Waals surface area (Å²) >= 11 is 3.11. The molecule has 0 amide bonds. The average Bonchev–Trinajstić information content (AvgIpc) is 3.33. The predicted molar refractivity (Wildman–Crippen MR) is 106 cm³/mol. The summed E-state index contributed by atoms with van der Waals surface area (Å²) in [5, 5.41) is 12.9. The van der Waals surface area contributed by atoms with Gasteiger partial charge in [-0.3, -0.25) is 10.1 Å². The first-order valence-corrected chi connectivity index (χ1v) is 10.4.